The molecule has 1 amide bonds. The first kappa shape index (κ1) is 19.3. The van der Waals surface area contributed by atoms with Crippen LogP contribution in [-0.4, -0.2) is 47.4 Å². The molecule has 1 unspecified atom stereocenters. The third-order valence-electron chi connectivity index (χ3n) is 5.10. The average Bonchev–Trinajstić information content (AvgIpc) is 3.07. The number of hydrogen-bond donors (Lipinski definition) is 0. The van der Waals surface area contributed by atoms with Crippen molar-refractivity contribution in [3.63, 3.8) is 0 Å². The van der Waals surface area contributed by atoms with Crippen LogP contribution in [0.1, 0.15) is 42.2 Å². The summed E-state index contributed by atoms with van der Waals surface area (Å²) in [6, 6.07) is 7.63. The minimum Gasteiger partial charge on any atom is -0.497 e. The molecule has 1 saturated heterocycles. The van der Waals surface area contributed by atoms with Gasteiger partial charge in [0.25, 0.3) is 5.91 Å². The van der Waals surface area contributed by atoms with Crippen LogP contribution < -0.4 is 9.47 Å². The van der Waals surface area contributed by atoms with Crippen molar-refractivity contribution in [1.82, 2.24) is 14.7 Å². The zero-order valence-electron chi connectivity index (χ0n) is 16.5. The molecule has 0 radical (unpaired) electrons. The summed E-state index contributed by atoms with van der Waals surface area (Å²) in [7, 11) is 1.65. The first-order chi connectivity index (χ1) is 13.1. The van der Waals surface area contributed by atoms with Crippen LogP contribution in [0.4, 0.5) is 0 Å². The molecule has 1 atom stereocenters. The highest BCUT2D eigenvalue weighted by atomic mass is 16.5. The predicted octanol–water partition coefficient (Wildman–Crippen LogP) is 3.54. The fourth-order valence-corrected chi connectivity index (χ4v) is 3.55. The number of nitrogens with zero attached hydrogens (tertiary/aromatic N) is 3. The molecule has 0 N–H and O–H groups in total. The molecule has 2 heterocycles. The number of hydrogen-bond acceptors (Lipinski definition) is 4. The van der Waals surface area contributed by atoms with Gasteiger partial charge < -0.3 is 14.4 Å². The highest BCUT2D eigenvalue weighted by Crippen LogP contribution is 2.23. The van der Waals surface area contributed by atoms with Gasteiger partial charge >= 0.3 is 0 Å². The summed E-state index contributed by atoms with van der Waals surface area (Å²) in [5.74, 6) is 2.00. The number of rotatable bonds is 7. The van der Waals surface area contributed by atoms with Gasteiger partial charge in [-0.05, 0) is 38.3 Å². The van der Waals surface area contributed by atoms with Crippen LogP contribution in [0, 0.1) is 12.8 Å². The average molecular weight is 371 g/mol. The molecule has 27 heavy (non-hydrogen) atoms. The van der Waals surface area contributed by atoms with E-state index in [1.54, 1.807) is 13.3 Å². The van der Waals surface area contributed by atoms with Gasteiger partial charge in [0.1, 0.15) is 11.5 Å². The Morgan fingerprint density at radius 2 is 2.15 bits per heavy atom. The van der Waals surface area contributed by atoms with E-state index in [2.05, 4.69) is 12.0 Å². The molecule has 0 aliphatic carbocycles. The van der Waals surface area contributed by atoms with Crippen molar-refractivity contribution in [3.05, 3.63) is 41.7 Å². The first-order valence-electron chi connectivity index (χ1n) is 9.71. The highest BCUT2D eigenvalue weighted by Gasteiger charge is 2.27. The monoisotopic (exact) mass is 371 g/mol. The van der Waals surface area contributed by atoms with Crippen molar-refractivity contribution in [2.45, 2.75) is 39.7 Å². The third-order valence-corrected chi connectivity index (χ3v) is 5.10. The lowest BCUT2D eigenvalue weighted by Crippen LogP contribution is -2.41. The zero-order valence-corrected chi connectivity index (χ0v) is 16.5. The van der Waals surface area contributed by atoms with E-state index in [1.165, 1.54) is 0 Å². The number of aromatic nitrogens is 2. The molecule has 3 rings (SSSR count). The van der Waals surface area contributed by atoms with E-state index in [4.69, 9.17) is 9.47 Å². The fourth-order valence-electron chi connectivity index (χ4n) is 3.55. The second-order valence-corrected chi connectivity index (χ2v) is 7.12. The number of aryl methyl sites for hydroxylation is 1. The normalized spacial score (nSPS) is 17.0. The summed E-state index contributed by atoms with van der Waals surface area (Å²) >= 11 is 0. The van der Waals surface area contributed by atoms with Gasteiger partial charge in [0.2, 0.25) is 0 Å². The number of ether oxygens (including phenoxy) is 2. The van der Waals surface area contributed by atoms with Crippen LogP contribution in [0.2, 0.25) is 0 Å². The van der Waals surface area contributed by atoms with E-state index in [9.17, 15) is 4.79 Å². The van der Waals surface area contributed by atoms with Crippen LogP contribution in [-0.2, 0) is 6.54 Å². The lowest BCUT2D eigenvalue weighted by atomic mass is 9.98. The summed E-state index contributed by atoms with van der Waals surface area (Å²) < 4.78 is 13.1. The lowest BCUT2D eigenvalue weighted by molar-refractivity contribution is 0.0632. The quantitative estimate of drug-likeness (QED) is 0.747. The Morgan fingerprint density at radius 3 is 2.93 bits per heavy atom. The van der Waals surface area contributed by atoms with Gasteiger partial charge in [0.05, 0.1) is 25.5 Å². The predicted molar refractivity (Wildman–Crippen MR) is 104 cm³/mol. The van der Waals surface area contributed by atoms with Crippen molar-refractivity contribution < 1.29 is 14.3 Å². The largest absolute Gasteiger partial charge is 0.497 e. The molecule has 0 spiro atoms. The molecular weight excluding hydrogens is 342 g/mol. The Balaban J connectivity index is 1.59. The van der Waals surface area contributed by atoms with Crippen LogP contribution in [0.15, 0.2) is 30.5 Å². The number of carbonyl (C=O) groups is 1. The lowest BCUT2D eigenvalue weighted by Gasteiger charge is -2.32. The number of amides is 1. The summed E-state index contributed by atoms with van der Waals surface area (Å²) in [4.78, 5) is 14.9. The van der Waals surface area contributed by atoms with Crippen molar-refractivity contribution >= 4 is 5.91 Å². The summed E-state index contributed by atoms with van der Waals surface area (Å²) in [6.45, 7) is 7.05. The molecule has 1 aliphatic heterocycles. The van der Waals surface area contributed by atoms with Gasteiger partial charge in [0.15, 0.2) is 0 Å². The van der Waals surface area contributed by atoms with E-state index < -0.39 is 0 Å². The molecule has 0 bridgehead atoms. The Labute approximate surface area is 161 Å². The number of piperidine rings is 1. The summed E-state index contributed by atoms with van der Waals surface area (Å²) in [5, 5.41) is 4.37. The second kappa shape index (κ2) is 8.93. The number of methoxy groups -OCH3 is 1. The minimum absolute atomic E-state index is 0.0842. The minimum atomic E-state index is 0.0842. The molecule has 0 saturated carbocycles. The Bertz CT molecular complexity index is 772. The van der Waals surface area contributed by atoms with Crippen LogP contribution in [0.25, 0.3) is 0 Å². The maximum Gasteiger partial charge on any atom is 0.257 e. The van der Waals surface area contributed by atoms with Gasteiger partial charge in [-0.3, -0.25) is 9.48 Å². The van der Waals surface area contributed by atoms with E-state index in [0.29, 0.717) is 12.5 Å². The van der Waals surface area contributed by atoms with E-state index in [-0.39, 0.29) is 5.91 Å². The Kier molecular flexibility index (Phi) is 6.37. The number of carbonyl (C=O) groups excluding carboxylic acids is 1. The number of benzene rings is 1. The third kappa shape index (κ3) is 4.62. The molecular formula is C21H29N3O3. The smallest absolute Gasteiger partial charge is 0.257 e. The number of likely N-dealkylation sites (tertiary alicyclic amines) is 1. The molecule has 1 aromatic carbocycles. The molecule has 1 aliphatic rings. The van der Waals surface area contributed by atoms with Crippen molar-refractivity contribution in [2.24, 2.45) is 5.92 Å². The van der Waals surface area contributed by atoms with Gasteiger partial charge in [-0.15, -0.1) is 0 Å². The molecule has 1 aromatic heterocycles. The van der Waals surface area contributed by atoms with E-state index >= 15 is 0 Å². The van der Waals surface area contributed by atoms with Crippen LogP contribution in [0.3, 0.4) is 0 Å². The fraction of sp³-hybridized carbons (Fsp3) is 0.524. The zero-order chi connectivity index (χ0) is 19.2. The maximum atomic E-state index is 13.0. The second-order valence-electron chi connectivity index (χ2n) is 7.12. The standard InChI is InChI=1S/C21H29N3O3/c1-4-10-24-16(2)20(13-22-24)21(25)23-11-6-7-17(14-23)15-27-19-9-5-8-18(12-19)26-3/h5,8-9,12-13,17H,4,6-7,10-11,14-15H2,1-3H3. The molecule has 6 heteroatoms. The molecule has 2 aromatic rings. The van der Waals surface area contributed by atoms with Crippen LogP contribution in [0.5, 0.6) is 11.5 Å². The van der Waals surface area contributed by atoms with Gasteiger partial charge in [0, 0.05) is 37.3 Å². The van der Waals surface area contributed by atoms with Crippen LogP contribution >= 0.6 is 0 Å². The molecule has 1 fully saturated rings. The maximum absolute atomic E-state index is 13.0. The SMILES string of the molecule is CCCn1ncc(C(=O)N2CCCC(COc3cccc(OC)c3)C2)c1C. The molecule has 146 valence electrons. The van der Waals surface area contributed by atoms with Gasteiger partial charge in [-0.2, -0.15) is 5.10 Å². The van der Waals surface area contributed by atoms with Crippen molar-refractivity contribution in [1.29, 1.82) is 0 Å². The first-order valence-corrected chi connectivity index (χ1v) is 9.71. The summed E-state index contributed by atoms with van der Waals surface area (Å²) in [6.07, 6.45) is 4.79. The topological polar surface area (TPSA) is 56.6 Å². The van der Waals surface area contributed by atoms with Crippen molar-refractivity contribution in [2.75, 3.05) is 26.8 Å². The Morgan fingerprint density at radius 1 is 1.33 bits per heavy atom. The Hall–Kier alpha value is -2.50. The summed E-state index contributed by atoms with van der Waals surface area (Å²) in [5.41, 5.74) is 1.68. The van der Waals surface area contributed by atoms with E-state index in [0.717, 1.165) is 61.7 Å². The van der Waals surface area contributed by atoms with Crippen molar-refractivity contribution in [3.8, 4) is 11.5 Å². The van der Waals surface area contributed by atoms with Gasteiger partial charge in [-0.1, -0.05) is 13.0 Å². The van der Waals surface area contributed by atoms with E-state index in [1.807, 2.05) is 40.8 Å². The van der Waals surface area contributed by atoms with Gasteiger partial charge in [-0.25, -0.2) is 0 Å². The highest BCUT2D eigenvalue weighted by molar-refractivity contribution is 5.95. The molecule has 6 nitrogen and oxygen atoms in total.